The molecule has 8 bridgehead atoms. The van der Waals surface area contributed by atoms with Gasteiger partial charge in [-0.2, -0.15) is 0 Å². The van der Waals surface area contributed by atoms with Crippen LogP contribution < -0.4 is 0 Å². The Hall–Kier alpha value is -5.34. The van der Waals surface area contributed by atoms with Gasteiger partial charge >= 0.3 is 5.97 Å². The summed E-state index contributed by atoms with van der Waals surface area (Å²) in [7, 11) is -1.33. The third kappa shape index (κ3) is 6.44. The predicted octanol–water partition coefficient (Wildman–Crippen LogP) is 8.48. The molecule has 0 aliphatic carbocycles. The maximum Gasteiger partial charge on any atom is 0.338 e. The van der Waals surface area contributed by atoms with E-state index in [2.05, 4.69) is 50.8 Å². The molecule has 8 heteroatoms. The average molecular weight is 663 g/mol. The predicted molar refractivity (Wildman–Crippen MR) is 202 cm³/mol. The van der Waals surface area contributed by atoms with E-state index in [4.69, 9.17) is 24.7 Å². The number of allylic oxidation sites excluding steroid dienone is 11. The number of hydrogen-bond donors (Lipinski definition) is 0. The highest BCUT2D eigenvalue weighted by atomic mass is 28.3. The summed E-state index contributed by atoms with van der Waals surface area (Å²) < 4.78 is 5.60. The van der Waals surface area contributed by atoms with Crippen molar-refractivity contribution in [2.24, 2.45) is 25.4 Å². The molecule has 7 nitrogen and oxygen atoms in total. The lowest BCUT2D eigenvalue weighted by atomic mass is 9.84. The van der Waals surface area contributed by atoms with Gasteiger partial charge in [0.2, 0.25) is 0 Å². The highest BCUT2D eigenvalue weighted by Crippen LogP contribution is 2.38. The third-order valence-corrected chi connectivity index (χ3v) is 10.8. The molecule has 0 fully saturated rings. The van der Waals surface area contributed by atoms with Crippen LogP contribution >= 0.6 is 0 Å². The highest BCUT2D eigenvalue weighted by molar-refractivity contribution is 6.76. The fraction of sp³-hybridized carbons (Fsp3) is 0.220. The number of esters is 1. The molecular formula is C41H38N4O3Si. The van der Waals surface area contributed by atoms with Crippen LogP contribution in [0.5, 0.6) is 0 Å². The Labute approximate surface area is 288 Å². The van der Waals surface area contributed by atoms with Crippen molar-refractivity contribution >= 4 is 53.8 Å². The maximum atomic E-state index is 13.6. The lowest BCUT2D eigenvalue weighted by Gasteiger charge is -2.16. The number of carbonyl (C=O) groups is 2. The van der Waals surface area contributed by atoms with Gasteiger partial charge in [0.25, 0.3) is 0 Å². The number of hydrogen-bond acceptors (Lipinski definition) is 7. The molecule has 244 valence electrons. The molecular weight excluding hydrogens is 625 g/mol. The number of fused-ring (bicyclic) bond motifs is 4. The fourth-order valence-corrected chi connectivity index (χ4v) is 6.78. The van der Waals surface area contributed by atoms with Crippen LogP contribution in [-0.4, -0.2) is 49.3 Å². The number of carbonyl (C=O) groups excluding carboxylic acids is 2. The molecule has 5 aliphatic heterocycles. The van der Waals surface area contributed by atoms with Crippen LogP contribution in [0.25, 0.3) is 11.1 Å². The SMILES string of the molecule is Cc1ccc(C2=C3C=CC(=N3)C=C3N=C(C=C4C=CC(=N4)C(c4ccc(C(=O)OCC[Si](C)(C)C)cc4)=C4C=CC2=N4)C(=O)C3(C)C)cc1. The van der Waals surface area contributed by atoms with Crippen LogP contribution in [-0.2, 0) is 9.53 Å². The van der Waals surface area contributed by atoms with E-state index in [1.165, 1.54) is 0 Å². The first-order chi connectivity index (χ1) is 23.4. The molecule has 49 heavy (non-hydrogen) atoms. The van der Waals surface area contributed by atoms with Crippen LogP contribution in [0.2, 0.25) is 25.7 Å². The van der Waals surface area contributed by atoms with Crippen LogP contribution in [0.4, 0.5) is 0 Å². The largest absolute Gasteiger partial charge is 0.462 e. The summed E-state index contributed by atoms with van der Waals surface area (Å²) in [5.41, 5.74) is 9.72. The Bertz CT molecular complexity index is 2150. The molecule has 2 aromatic carbocycles. The van der Waals surface area contributed by atoms with E-state index < -0.39 is 13.5 Å². The first kappa shape index (κ1) is 32.2. The molecule has 0 saturated carbocycles. The molecule has 0 atom stereocenters. The van der Waals surface area contributed by atoms with Gasteiger partial charge in [0.1, 0.15) is 5.71 Å². The summed E-state index contributed by atoms with van der Waals surface area (Å²) in [6.07, 6.45) is 15.4. The Morgan fingerprint density at radius 2 is 1.33 bits per heavy atom. The molecule has 7 rings (SSSR count). The van der Waals surface area contributed by atoms with Crippen molar-refractivity contribution in [2.45, 2.75) is 46.5 Å². The Kier molecular flexibility index (Phi) is 8.07. The maximum absolute atomic E-state index is 13.6. The van der Waals surface area contributed by atoms with Gasteiger partial charge in [-0.3, -0.25) is 4.79 Å². The lowest BCUT2D eigenvalue weighted by Crippen LogP contribution is -2.25. The molecule has 0 aromatic heterocycles. The highest BCUT2D eigenvalue weighted by Gasteiger charge is 2.40. The van der Waals surface area contributed by atoms with E-state index in [0.717, 1.165) is 56.7 Å². The van der Waals surface area contributed by atoms with Gasteiger partial charge < -0.3 is 4.74 Å². The van der Waals surface area contributed by atoms with Gasteiger partial charge in [0.15, 0.2) is 5.78 Å². The second-order valence-corrected chi connectivity index (χ2v) is 20.1. The van der Waals surface area contributed by atoms with Crippen LogP contribution in [0.3, 0.4) is 0 Å². The summed E-state index contributed by atoms with van der Waals surface area (Å²) >= 11 is 0. The molecule has 2 aromatic rings. The van der Waals surface area contributed by atoms with Crippen LogP contribution in [0, 0.1) is 12.3 Å². The van der Waals surface area contributed by atoms with Gasteiger partial charge in [-0.1, -0.05) is 61.6 Å². The summed E-state index contributed by atoms with van der Waals surface area (Å²) in [5.74, 6) is -0.396. The van der Waals surface area contributed by atoms with Crippen LogP contribution in [0.15, 0.2) is 140 Å². The fourth-order valence-electron chi connectivity index (χ4n) is 6.06. The van der Waals surface area contributed by atoms with Crippen molar-refractivity contribution in [3.63, 3.8) is 0 Å². The number of aliphatic imine (C=N–C) groups is 4. The Morgan fingerprint density at radius 3 is 2.02 bits per heavy atom. The summed E-state index contributed by atoms with van der Waals surface area (Å²) in [6.45, 7) is 13.1. The zero-order valence-corrected chi connectivity index (χ0v) is 29.7. The normalized spacial score (nSPS) is 19.2. The van der Waals surface area contributed by atoms with E-state index in [1.54, 1.807) is 18.2 Å². The van der Waals surface area contributed by atoms with Gasteiger partial charge in [0, 0.05) is 19.2 Å². The number of ketones is 1. The van der Waals surface area contributed by atoms with Crippen molar-refractivity contribution in [3.8, 4) is 0 Å². The third-order valence-electron chi connectivity index (χ3n) is 9.07. The molecule has 0 spiro atoms. The topological polar surface area (TPSA) is 92.8 Å². The number of ether oxygens (including phenoxy) is 1. The van der Waals surface area contributed by atoms with Gasteiger partial charge in [-0.25, -0.2) is 24.8 Å². The van der Waals surface area contributed by atoms with E-state index >= 15 is 0 Å². The van der Waals surface area contributed by atoms with Crippen molar-refractivity contribution in [2.75, 3.05) is 6.61 Å². The molecule has 0 saturated heterocycles. The van der Waals surface area contributed by atoms with E-state index in [-0.39, 0.29) is 11.8 Å². The molecule has 0 N–H and O–H groups in total. The Morgan fingerprint density at radius 1 is 0.714 bits per heavy atom. The first-order valence-corrected chi connectivity index (χ1v) is 20.3. The number of nitrogens with zero attached hydrogens (tertiary/aromatic N) is 4. The summed E-state index contributed by atoms with van der Waals surface area (Å²) in [4.78, 5) is 46.4. The number of Topliss-reactive ketones (excluding diaryl/α,β-unsaturated/α-hetero) is 1. The summed E-state index contributed by atoms with van der Waals surface area (Å²) in [5, 5.41) is 0. The number of aryl methyl sites for hydroxylation is 1. The lowest BCUT2D eigenvalue weighted by molar-refractivity contribution is -0.118. The summed E-state index contributed by atoms with van der Waals surface area (Å²) in [6, 6.07) is 16.7. The average Bonchev–Trinajstić information content (AvgIpc) is 3.86. The first-order valence-electron chi connectivity index (χ1n) is 16.6. The second kappa shape index (κ2) is 12.3. The molecule has 5 aliphatic rings. The molecule has 5 heterocycles. The number of benzene rings is 2. The van der Waals surface area contributed by atoms with Crippen molar-refractivity contribution in [1.29, 1.82) is 0 Å². The minimum atomic E-state index is -1.33. The molecule has 0 unspecified atom stereocenters. The van der Waals surface area contributed by atoms with Crippen molar-refractivity contribution in [3.05, 3.63) is 142 Å². The van der Waals surface area contributed by atoms with Crippen molar-refractivity contribution in [1.82, 2.24) is 0 Å². The Balaban J connectivity index is 1.37. The van der Waals surface area contributed by atoms with Crippen LogP contribution in [0.1, 0.15) is 40.9 Å². The zero-order valence-electron chi connectivity index (χ0n) is 28.7. The number of rotatable bonds is 6. The van der Waals surface area contributed by atoms with Crippen molar-refractivity contribution < 1.29 is 14.3 Å². The van der Waals surface area contributed by atoms with Gasteiger partial charge in [0.05, 0.1) is 57.5 Å². The molecule has 0 radical (unpaired) electrons. The smallest absolute Gasteiger partial charge is 0.338 e. The zero-order chi connectivity index (χ0) is 34.5. The minimum Gasteiger partial charge on any atom is -0.462 e. The van der Waals surface area contributed by atoms with Gasteiger partial charge in [-0.05, 0) is 98.7 Å². The van der Waals surface area contributed by atoms with Gasteiger partial charge in [-0.15, -0.1) is 0 Å². The monoisotopic (exact) mass is 662 g/mol. The van der Waals surface area contributed by atoms with E-state index in [0.29, 0.717) is 35.0 Å². The quantitative estimate of drug-likeness (QED) is 0.229. The van der Waals surface area contributed by atoms with E-state index in [9.17, 15) is 9.59 Å². The standard InChI is InChI=1S/C41H38N4O3Si/c1-25-7-9-26(10-8-25)37-32-18-16-30(43-32)24-36-41(2,3)39(46)35(45-36)23-29-15-17-31(42-29)38(34-20-19-33(37)44-34)27-11-13-28(14-12-27)40(47)48-21-22-49(4,5)6/h7-20,23-24H,21-22H2,1-6H3. The molecule has 0 amide bonds. The van der Waals surface area contributed by atoms with E-state index in [1.807, 2.05) is 68.5 Å². The minimum absolute atomic E-state index is 0.0651. The second-order valence-electron chi connectivity index (χ2n) is 14.5.